The largest absolute Gasteiger partial charge is 0.329 e. The topological polar surface area (TPSA) is 42.2 Å². The van der Waals surface area contributed by atoms with E-state index in [4.69, 9.17) is 5.73 Å². The van der Waals surface area contributed by atoms with Crippen LogP contribution < -0.4 is 5.73 Å². The van der Waals surface area contributed by atoms with E-state index in [9.17, 15) is 0 Å². The van der Waals surface area contributed by atoms with Gasteiger partial charge in [-0.1, -0.05) is 6.07 Å². The Morgan fingerprint density at radius 3 is 2.74 bits per heavy atom. The average molecular weight is 405 g/mol. The van der Waals surface area contributed by atoms with Crippen LogP contribution in [0.1, 0.15) is 16.6 Å². The first kappa shape index (κ1) is 15.1. The Morgan fingerprint density at radius 1 is 1.42 bits per heavy atom. The number of nitrogens with zero attached hydrogens (tertiary/aromatic N) is 2. The average Bonchev–Trinajstić information content (AvgIpc) is 2.71. The van der Waals surface area contributed by atoms with Gasteiger partial charge in [0.15, 0.2) is 0 Å². The molecule has 2 aromatic rings. The van der Waals surface area contributed by atoms with Gasteiger partial charge in [0.25, 0.3) is 0 Å². The summed E-state index contributed by atoms with van der Waals surface area (Å²) in [5.74, 6) is 0. The second-order valence-electron chi connectivity index (χ2n) is 4.26. The zero-order chi connectivity index (χ0) is 13.8. The molecule has 0 aromatic carbocycles. The second-order valence-corrected chi connectivity index (χ2v) is 7.51. The summed E-state index contributed by atoms with van der Waals surface area (Å²) in [6.45, 7) is 1.37. The number of thiophene rings is 1. The number of rotatable bonds is 5. The van der Waals surface area contributed by atoms with Gasteiger partial charge in [-0.25, -0.2) is 0 Å². The van der Waals surface area contributed by atoms with Crippen molar-refractivity contribution in [2.45, 2.75) is 12.6 Å². The van der Waals surface area contributed by atoms with Crippen molar-refractivity contribution in [3.8, 4) is 0 Å². The lowest BCUT2D eigenvalue weighted by Crippen LogP contribution is -2.29. The van der Waals surface area contributed by atoms with Crippen LogP contribution in [0.25, 0.3) is 0 Å². The van der Waals surface area contributed by atoms with Crippen molar-refractivity contribution in [1.82, 2.24) is 9.88 Å². The molecule has 0 aliphatic heterocycles. The standard InChI is InChI=1S/C13H15Br2N3S/c1-18(8-9-4-2-3-5-17-9)11(7-16)12-6-10(14)13(15)19-12/h2-6,11H,7-8,16H2,1H3. The molecule has 2 N–H and O–H groups in total. The van der Waals surface area contributed by atoms with Crippen LogP contribution in [0, 0.1) is 0 Å². The van der Waals surface area contributed by atoms with Gasteiger partial charge >= 0.3 is 0 Å². The van der Waals surface area contributed by atoms with Crippen LogP contribution in [0.4, 0.5) is 0 Å². The maximum absolute atomic E-state index is 5.93. The number of halogens is 2. The first-order chi connectivity index (χ1) is 9.11. The number of aromatic nitrogens is 1. The summed E-state index contributed by atoms with van der Waals surface area (Å²) in [5.41, 5.74) is 6.99. The summed E-state index contributed by atoms with van der Waals surface area (Å²) in [5, 5.41) is 0. The van der Waals surface area contributed by atoms with Gasteiger partial charge in [0.2, 0.25) is 0 Å². The summed E-state index contributed by atoms with van der Waals surface area (Å²) >= 11 is 8.76. The Hall–Kier alpha value is -0.270. The van der Waals surface area contributed by atoms with Gasteiger partial charge in [-0.05, 0) is 57.1 Å². The molecule has 0 amide bonds. The highest BCUT2D eigenvalue weighted by atomic mass is 79.9. The SMILES string of the molecule is CN(Cc1ccccn1)C(CN)c1cc(Br)c(Br)s1. The van der Waals surface area contributed by atoms with Crippen LogP contribution in [-0.4, -0.2) is 23.5 Å². The normalized spacial score (nSPS) is 12.9. The predicted molar refractivity (Wildman–Crippen MR) is 87.2 cm³/mol. The van der Waals surface area contributed by atoms with Crippen molar-refractivity contribution in [3.63, 3.8) is 0 Å². The van der Waals surface area contributed by atoms with Crippen LogP contribution >= 0.6 is 43.2 Å². The third-order valence-electron chi connectivity index (χ3n) is 2.89. The molecule has 0 saturated heterocycles. The van der Waals surface area contributed by atoms with E-state index in [1.165, 1.54) is 4.88 Å². The van der Waals surface area contributed by atoms with Crippen molar-refractivity contribution >= 4 is 43.2 Å². The molecular formula is C13H15Br2N3S. The molecule has 0 saturated carbocycles. The number of pyridine rings is 1. The van der Waals surface area contributed by atoms with Crippen molar-refractivity contribution in [2.75, 3.05) is 13.6 Å². The third kappa shape index (κ3) is 3.86. The predicted octanol–water partition coefficient (Wildman–Crippen LogP) is 3.80. The van der Waals surface area contributed by atoms with E-state index >= 15 is 0 Å². The first-order valence-corrected chi connectivity index (χ1v) is 8.27. The Labute approximate surface area is 134 Å². The number of likely N-dealkylation sites (N-methyl/N-ethyl adjacent to an activating group) is 1. The molecule has 2 rings (SSSR count). The third-order valence-corrected chi connectivity index (χ3v) is 6.24. The van der Waals surface area contributed by atoms with Gasteiger partial charge in [-0.3, -0.25) is 9.88 Å². The molecule has 3 nitrogen and oxygen atoms in total. The Morgan fingerprint density at radius 2 is 2.21 bits per heavy atom. The minimum atomic E-state index is 0.203. The summed E-state index contributed by atoms with van der Waals surface area (Å²) < 4.78 is 2.18. The molecular weight excluding hydrogens is 390 g/mol. The van der Waals surface area contributed by atoms with E-state index in [0.717, 1.165) is 20.5 Å². The van der Waals surface area contributed by atoms with Gasteiger partial charge in [0.05, 0.1) is 15.5 Å². The van der Waals surface area contributed by atoms with Crippen molar-refractivity contribution in [3.05, 3.63) is 49.3 Å². The molecule has 102 valence electrons. The maximum atomic E-state index is 5.93. The van der Waals surface area contributed by atoms with Crippen LogP contribution in [0.15, 0.2) is 38.7 Å². The fourth-order valence-corrected chi connectivity index (χ4v) is 4.17. The Kier molecular flexibility index (Phi) is 5.53. The lowest BCUT2D eigenvalue weighted by molar-refractivity contribution is 0.242. The van der Waals surface area contributed by atoms with Gasteiger partial charge in [-0.2, -0.15) is 0 Å². The highest BCUT2D eigenvalue weighted by molar-refractivity contribution is 9.13. The van der Waals surface area contributed by atoms with E-state index in [-0.39, 0.29) is 6.04 Å². The lowest BCUT2D eigenvalue weighted by Gasteiger charge is -2.25. The molecule has 0 aliphatic carbocycles. The van der Waals surface area contributed by atoms with E-state index in [1.807, 2.05) is 24.4 Å². The first-order valence-electron chi connectivity index (χ1n) is 5.86. The van der Waals surface area contributed by atoms with Gasteiger partial charge < -0.3 is 5.73 Å². The molecule has 0 aliphatic rings. The fourth-order valence-electron chi connectivity index (χ4n) is 1.90. The minimum absolute atomic E-state index is 0.203. The zero-order valence-corrected chi connectivity index (χ0v) is 14.5. The van der Waals surface area contributed by atoms with Crippen molar-refractivity contribution < 1.29 is 0 Å². The number of hydrogen-bond donors (Lipinski definition) is 1. The van der Waals surface area contributed by atoms with Crippen LogP contribution in [0.5, 0.6) is 0 Å². The maximum Gasteiger partial charge on any atom is 0.0843 e. The number of nitrogens with two attached hydrogens (primary N) is 1. The van der Waals surface area contributed by atoms with Crippen LogP contribution in [-0.2, 0) is 6.54 Å². The smallest absolute Gasteiger partial charge is 0.0843 e. The zero-order valence-electron chi connectivity index (χ0n) is 10.5. The molecule has 0 radical (unpaired) electrons. The Balaban J connectivity index is 2.13. The van der Waals surface area contributed by atoms with E-state index in [2.05, 4.69) is 54.9 Å². The molecule has 2 heterocycles. The second kappa shape index (κ2) is 6.95. The van der Waals surface area contributed by atoms with Crippen molar-refractivity contribution in [1.29, 1.82) is 0 Å². The molecule has 0 spiro atoms. The molecule has 1 atom stereocenters. The monoisotopic (exact) mass is 403 g/mol. The van der Waals surface area contributed by atoms with E-state index in [1.54, 1.807) is 11.3 Å². The molecule has 1 unspecified atom stereocenters. The Bertz CT molecular complexity index is 510. The van der Waals surface area contributed by atoms with Gasteiger partial charge in [-0.15, -0.1) is 11.3 Å². The summed E-state index contributed by atoms with van der Waals surface area (Å²) in [6.07, 6.45) is 1.82. The molecule has 0 bridgehead atoms. The molecule has 6 heteroatoms. The summed E-state index contributed by atoms with van der Waals surface area (Å²) in [7, 11) is 2.08. The molecule has 19 heavy (non-hydrogen) atoms. The number of hydrogen-bond acceptors (Lipinski definition) is 4. The highest BCUT2D eigenvalue weighted by Gasteiger charge is 2.19. The summed E-state index contributed by atoms with van der Waals surface area (Å²) in [6, 6.07) is 8.30. The quantitative estimate of drug-likeness (QED) is 0.823. The van der Waals surface area contributed by atoms with Crippen LogP contribution in [0.2, 0.25) is 0 Å². The minimum Gasteiger partial charge on any atom is -0.329 e. The lowest BCUT2D eigenvalue weighted by atomic mass is 10.2. The fraction of sp³-hybridized carbons (Fsp3) is 0.308. The highest BCUT2D eigenvalue weighted by Crippen LogP contribution is 2.37. The van der Waals surface area contributed by atoms with Crippen LogP contribution in [0.3, 0.4) is 0 Å². The van der Waals surface area contributed by atoms with E-state index < -0.39 is 0 Å². The molecule has 2 aromatic heterocycles. The van der Waals surface area contributed by atoms with E-state index in [0.29, 0.717) is 6.54 Å². The van der Waals surface area contributed by atoms with Crippen molar-refractivity contribution in [2.24, 2.45) is 5.73 Å². The summed E-state index contributed by atoms with van der Waals surface area (Å²) in [4.78, 5) is 7.83. The molecule has 0 fully saturated rings. The van der Waals surface area contributed by atoms with Gasteiger partial charge in [0.1, 0.15) is 0 Å². The van der Waals surface area contributed by atoms with Gasteiger partial charge in [0, 0.05) is 28.6 Å².